The summed E-state index contributed by atoms with van der Waals surface area (Å²) in [4.78, 5) is 43.4. The number of carbonyl (C=O) groups excluding carboxylic acids is 3. The van der Waals surface area contributed by atoms with E-state index in [2.05, 4.69) is 10.3 Å². The van der Waals surface area contributed by atoms with Crippen molar-refractivity contribution in [2.45, 2.75) is 50.2 Å². The first-order chi connectivity index (χ1) is 14.8. The summed E-state index contributed by atoms with van der Waals surface area (Å²) in [5, 5.41) is 2.75. The van der Waals surface area contributed by atoms with Crippen molar-refractivity contribution >= 4 is 60.0 Å². The Hall–Kier alpha value is -2.07. The van der Waals surface area contributed by atoms with Crippen LogP contribution in [-0.4, -0.2) is 65.6 Å². The Labute approximate surface area is 211 Å². The normalized spacial score (nSPS) is 16.5. The molecule has 12 heteroatoms. The van der Waals surface area contributed by atoms with Gasteiger partial charge in [0.2, 0.25) is 11.8 Å². The highest BCUT2D eigenvalue weighted by molar-refractivity contribution is 6.28. The van der Waals surface area contributed by atoms with Crippen LogP contribution >= 0.6 is 36.4 Å². The average Bonchev–Trinajstić information content (AvgIpc) is 3.25. The molecule has 0 radical (unpaired) electrons. The van der Waals surface area contributed by atoms with Gasteiger partial charge in [0.1, 0.15) is 6.04 Å². The van der Waals surface area contributed by atoms with Gasteiger partial charge in [0, 0.05) is 13.1 Å². The van der Waals surface area contributed by atoms with E-state index in [1.807, 2.05) is 30.3 Å². The van der Waals surface area contributed by atoms with Gasteiger partial charge in [0.05, 0.1) is 18.0 Å². The Morgan fingerprint density at radius 1 is 1.18 bits per heavy atom. The van der Waals surface area contributed by atoms with Crippen LogP contribution in [0.25, 0.3) is 0 Å². The molecule has 33 heavy (non-hydrogen) atoms. The van der Waals surface area contributed by atoms with E-state index in [1.165, 1.54) is 4.90 Å². The molecule has 1 aromatic carbocycles. The molecule has 0 saturated carbocycles. The zero-order valence-electron chi connectivity index (χ0n) is 18.3. The van der Waals surface area contributed by atoms with Gasteiger partial charge in [-0.15, -0.1) is 36.4 Å². The highest BCUT2D eigenvalue weighted by Crippen LogP contribution is 2.20. The number of nitrogens with zero attached hydrogens (tertiary/aromatic N) is 2. The van der Waals surface area contributed by atoms with Crippen molar-refractivity contribution in [3.63, 3.8) is 0 Å². The molecule has 1 fully saturated rings. The van der Waals surface area contributed by atoms with E-state index >= 15 is 0 Å². The number of hydrogen-bond donors (Lipinski definition) is 4. The number of amides is 2. The van der Waals surface area contributed by atoms with E-state index in [4.69, 9.17) is 28.8 Å². The quantitative estimate of drug-likeness (QED) is 0.145. The van der Waals surface area contributed by atoms with Gasteiger partial charge < -0.3 is 27.4 Å². The van der Waals surface area contributed by atoms with E-state index in [1.54, 1.807) is 0 Å². The minimum Gasteiger partial charge on any atom is -0.370 e. The number of carbonyl (C=O) groups is 3. The lowest BCUT2D eigenvalue weighted by molar-refractivity contribution is -0.140. The molecular weight excluding hydrogens is 491 g/mol. The molecular formula is C21H33Cl3N6O3. The van der Waals surface area contributed by atoms with Crippen LogP contribution in [0.4, 0.5) is 0 Å². The number of halogens is 3. The zero-order valence-corrected chi connectivity index (χ0v) is 20.7. The van der Waals surface area contributed by atoms with Crippen LogP contribution in [0.15, 0.2) is 35.3 Å². The first-order valence-corrected chi connectivity index (χ1v) is 10.9. The Kier molecular flexibility index (Phi) is 14.7. The van der Waals surface area contributed by atoms with Crippen molar-refractivity contribution in [1.82, 2.24) is 10.2 Å². The summed E-state index contributed by atoms with van der Waals surface area (Å²) in [6, 6.07) is 7.34. The van der Waals surface area contributed by atoms with E-state index in [-0.39, 0.29) is 54.3 Å². The molecule has 1 aliphatic rings. The summed E-state index contributed by atoms with van der Waals surface area (Å²) in [5.41, 5.74) is 17.7. The largest absolute Gasteiger partial charge is 0.370 e. The third-order valence-electron chi connectivity index (χ3n) is 5.24. The van der Waals surface area contributed by atoms with Crippen molar-refractivity contribution in [2.75, 3.05) is 19.0 Å². The molecule has 1 aliphatic heterocycles. The van der Waals surface area contributed by atoms with Crippen molar-refractivity contribution in [3.8, 4) is 0 Å². The van der Waals surface area contributed by atoms with Crippen LogP contribution in [0.1, 0.15) is 31.2 Å². The predicted octanol–water partition coefficient (Wildman–Crippen LogP) is 0.737. The summed E-state index contributed by atoms with van der Waals surface area (Å²) >= 11 is 5.70. The fourth-order valence-corrected chi connectivity index (χ4v) is 3.84. The smallest absolute Gasteiger partial charge is 0.243 e. The fraction of sp³-hybridized carbons (Fsp3) is 0.524. The van der Waals surface area contributed by atoms with E-state index in [0.29, 0.717) is 45.2 Å². The molecule has 186 valence electrons. The molecule has 7 N–H and O–H groups in total. The molecule has 2 amide bonds. The van der Waals surface area contributed by atoms with E-state index in [9.17, 15) is 14.4 Å². The number of ketones is 1. The summed E-state index contributed by atoms with van der Waals surface area (Å²) in [7, 11) is 0. The van der Waals surface area contributed by atoms with E-state index < -0.39 is 18.1 Å². The van der Waals surface area contributed by atoms with Gasteiger partial charge in [0.15, 0.2) is 11.7 Å². The molecule has 2 rings (SSSR count). The lowest BCUT2D eigenvalue weighted by atomic mass is 10.0. The van der Waals surface area contributed by atoms with Gasteiger partial charge in [0.25, 0.3) is 0 Å². The van der Waals surface area contributed by atoms with Gasteiger partial charge in [-0.1, -0.05) is 30.3 Å². The second-order valence-electron chi connectivity index (χ2n) is 7.60. The van der Waals surface area contributed by atoms with Gasteiger partial charge >= 0.3 is 0 Å². The highest BCUT2D eigenvalue weighted by Gasteiger charge is 2.37. The van der Waals surface area contributed by atoms with E-state index in [0.717, 1.165) is 5.56 Å². The summed E-state index contributed by atoms with van der Waals surface area (Å²) < 4.78 is 0. The van der Waals surface area contributed by atoms with Crippen molar-refractivity contribution in [3.05, 3.63) is 35.9 Å². The Balaban J connectivity index is 0.00000512. The molecule has 0 aromatic heterocycles. The van der Waals surface area contributed by atoms with Crippen LogP contribution < -0.4 is 22.5 Å². The van der Waals surface area contributed by atoms with Crippen LogP contribution in [0.2, 0.25) is 0 Å². The van der Waals surface area contributed by atoms with Crippen LogP contribution in [-0.2, 0) is 20.8 Å². The maximum Gasteiger partial charge on any atom is 0.243 e. The molecule has 0 spiro atoms. The molecule has 0 unspecified atom stereocenters. The summed E-state index contributed by atoms with van der Waals surface area (Å²) in [6.45, 7) is 0.796. The zero-order chi connectivity index (χ0) is 22.8. The molecule has 9 nitrogen and oxygen atoms in total. The third-order valence-corrected chi connectivity index (χ3v) is 5.50. The number of alkyl halides is 1. The minimum atomic E-state index is -0.755. The van der Waals surface area contributed by atoms with Gasteiger partial charge in [-0.05, 0) is 37.7 Å². The molecule has 1 aromatic rings. The number of nitrogens with one attached hydrogen (secondary N) is 1. The Morgan fingerprint density at radius 2 is 1.85 bits per heavy atom. The monoisotopic (exact) mass is 522 g/mol. The standard InChI is InChI=1S/C21H31ClN6O3.2ClH/c22-13-18(29)16(8-4-10-26-21(24)25)27-19(30)17-9-5-11-28(17)20(31)15(23)12-14-6-2-1-3-7-14;;/h1-3,6-7,15-17H,4-5,8-13,23H2,(H,27,30)(H4,24,25,26);2*1H/t15-,16+,17+;;/m1../s1. The number of guanidine groups is 1. The number of rotatable bonds is 11. The van der Waals surface area contributed by atoms with Crippen molar-refractivity contribution in [1.29, 1.82) is 0 Å². The second-order valence-corrected chi connectivity index (χ2v) is 7.86. The number of nitrogens with two attached hydrogens (primary N) is 3. The Morgan fingerprint density at radius 3 is 2.45 bits per heavy atom. The molecule has 0 aliphatic carbocycles. The fourth-order valence-electron chi connectivity index (χ4n) is 3.65. The minimum absolute atomic E-state index is 0. The number of aliphatic imine (C=N–C) groups is 1. The van der Waals surface area contributed by atoms with Crippen molar-refractivity contribution in [2.24, 2.45) is 22.2 Å². The maximum absolute atomic E-state index is 12.9. The maximum atomic E-state index is 12.9. The van der Waals surface area contributed by atoms with Crippen molar-refractivity contribution < 1.29 is 14.4 Å². The molecule has 0 bridgehead atoms. The topological polar surface area (TPSA) is 157 Å². The van der Waals surface area contributed by atoms with Crippen LogP contribution in [0.5, 0.6) is 0 Å². The number of Topliss-reactive ketones (excluding diaryl/α,β-unsaturated/α-hetero) is 1. The average molecular weight is 524 g/mol. The summed E-state index contributed by atoms with van der Waals surface area (Å²) in [6.07, 6.45) is 2.46. The Bertz CT molecular complexity index is 793. The summed E-state index contributed by atoms with van der Waals surface area (Å²) in [5.74, 6) is -1.19. The highest BCUT2D eigenvalue weighted by atomic mass is 35.5. The molecule has 1 saturated heterocycles. The number of likely N-dealkylation sites (tertiary alicyclic amines) is 1. The number of benzene rings is 1. The van der Waals surface area contributed by atoms with Crippen LogP contribution in [0, 0.1) is 0 Å². The molecule has 3 atom stereocenters. The van der Waals surface area contributed by atoms with Gasteiger partial charge in [-0.25, -0.2) is 0 Å². The predicted molar refractivity (Wildman–Crippen MR) is 135 cm³/mol. The first-order valence-electron chi connectivity index (χ1n) is 10.4. The van der Waals surface area contributed by atoms with Crippen LogP contribution in [0.3, 0.4) is 0 Å². The van der Waals surface area contributed by atoms with Gasteiger partial charge in [-0.2, -0.15) is 0 Å². The van der Waals surface area contributed by atoms with Gasteiger partial charge in [-0.3, -0.25) is 19.4 Å². The lowest BCUT2D eigenvalue weighted by Crippen LogP contribution is -2.54. The molecule has 1 heterocycles. The number of hydrogen-bond acceptors (Lipinski definition) is 5. The SMILES string of the molecule is Cl.Cl.NC(N)=NCCC[C@H](NC(=O)[C@@H]1CCCN1C(=O)[C@H](N)Cc1ccccc1)C(=O)CCl. The third kappa shape index (κ3) is 9.75. The lowest BCUT2D eigenvalue weighted by Gasteiger charge is -2.28. The second kappa shape index (κ2) is 15.7. The first kappa shape index (κ1) is 30.9.